The number of nitrogens with zero attached hydrogens (tertiary/aromatic N) is 1. The molecule has 1 aromatic carbocycles. The Bertz CT molecular complexity index is 805. The third-order valence-corrected chi connectivity index (χ3v) is 8.25. The molecule has 1 aromatic rings. The Morgan fingerprint density at radius 3 is 2.50 bits per heavy atom. The van der Waals surface area contributed by atoms with Crippen LogP contribution in [0.1, 0.15) is 52.9 Å². The highest BCUT2D eigenvalue weighted by molar-refractivity contribution is 7.89. The summed E-state index contributed by atoms with van der Waals surface area (Å²) >= 11 is 0. The summed E-state index contributed by atoms with van der Waals surface area (Å²) in [6, 6.07) is 4.87. The standard InChI is InChI=1S/C21H32N2O4S/c1-4-23(5-2)28(25,26)20-14-18(9-10-19(20)27-6-3)22-21(24)13-17-12-15-7-8-16(17)11-15/h9-10,14-17H,4-8,11-13H2,1-3H3,(H,22,24)/t15-,16+,17+/m0/s1. The average molecular weight is 409 g/mol. The summed E-state index contributed by atoms with van der Waals surface area (Å²) < 4.78 is 33.0. The highest BCUT2D eigenvalue weighted by Crippen LogP contribution is 2.49. The van der Waals surface area contributed by atoms with Crippen LogP contribution in [0.3, 0.4) is 0 Å². The van der Waals surface area contributed by atoms with Gasteiger partial charge in [-0.25, -0.2) is 8.42 Å². The van der Waals surface area contributed by atoms with E-state index in [0.717, 1.165) is 12.3 Å². The van der Waals surface area contributed by atoms with Gasteiger partial charge >= 0.3 is 0 Å². The highest BCUT2D eigenvalue weighted by Gasteiger charge is 2.40. The molecule has 6 nitrogen and oxygen atoms in total. The number of anilines is 1. The third-order valence-electron chi connectivity index (χ3n) is 6.18. The molecular formula is C21H32N2O4S. The Hall–Kier alpha value is -1.60. The maximum Gasteiger partial charge on any atom is 0.246 e. The lowest BCUT2D eigenvalue weighted by atomic mass is 9.86. The van der Waals surface area contributed by atoms with Crippen molar-refractivity contribution >= 4 is 21.6 Å². The van der Waals surface area contributed by atoms with Crippen molar-refractivity contribution in [3.8, 4) is 5.75 Å². The molecule has 0 spiro atoms. The fourth-order valence-electron chi connectivity index (χ4n) is 4.84. The summed E-state index contributed by atoms with van der Waals surface area (Å²) in [5.41, 5.74) is 0.502. The van der Waals surface area contributed by atoms with Crippen molar-refractivity contribution in [1.29, 1.82) is 0 Å². The molecule has 0 radical (unpaired) electrons. The van der Waals surface area contributed by atoms with E-state index in [9.17, 15) is 13.2 Å². The van der Waals surface area contributed by atoms with Crippen LogP contribution in [0.5, 0.6) is 5.75 Å². The van der Waals surface area contributed by atoms with Crippen LogP contribution in [-0.2, 0) is 14.8 Å². The lowest BCUT2D eigenvalue weighted by Crippen LogP contribution is -2.31. The fraction of sp³-hybridized carbons (Fsp3) is 0.667. The Balaban J connectivity index is 1.77. The van der Waals surface area contributed by atoms with Crippen molar-refractivity contribution in [1.82, 2.24) is 4.31 Å². The number of hydrogen-bond acceptors (Lipinski definition) is 4. The second kappa shape index (κ2) is 8.82. The van der Waals surface area contributed by atoms with Gasteiger partial charge in [-0.05, 0) is 62.1 Å². The van der Waals surface area contributed by atoms with E-state index in [1.54, 1.807) is 12.1 Å². The molecular weight excluding hydrogens is 376 g/mol. The molecule has 2 saturated carbocycles. The Morgan fingerprint density at radius 2 is 1.93 bits per heavy atom. The van der Waals surface area contributed by atoms with Gasteiger partial charge in [0.2, 0.25) is 15.9 Å². The molecule has 0 saturated heterocycles. The van der Waals surface area contributed by atoms with Crippen LogP contribution in [0.4, 0.5) is 5.69 Å². The smallest absolute Gasteiger partial charge is 0.246 e. The van der Waals surface area contributed by atoms with Crippen LogP contribution < -0.4 is 10.1 Å². The predicted molar refractivity (Wildman–Crippen MR) is 110 cm³/mol. The number of nitrogens with one attached hydrogen (secondary N) is 1. The molecule has 3 rings (SSSR count). The average Bonchev–Trinajstić information content (AvgIpc) is 3.27. The number of amides is 1. The van der Waals surface area contributed by atoms with Crippen molar-refractivity contribution in [2.24, 2.45) is 17.8 Å². The van der Waals surface area contributed by atoms with Gasteiger partial charge in [0.15, 0.2) is 0 Å². The van der Waals surface area contributed by atoms with Crippen LogP contribution >= 0.6 is 0 Å². The fourth-order valence-corrected chi connectivity index (χ4v) is 6.46. The zero-order valence-corrected chi connectivity index (χ0v) is 17.9. The summed E-state index contributed by atoms with van der Waals surface area (Å²) in [5, 5.41) is 2.91. The zero-order valence-electron chi connectivity index (χ0n) is 17.1. The van der Waals surface area contributed by atoms with Gasteiger partial charge in [-0.1, -0.05) is 20.3 Å². The number of carbonyl (C=O) groups is 1. The van der Waals surface area contributed by atoms with Crippen molar-refractivity contribution in [3.63, 3.8) is 0 Å². The molecule has 2 bridgehead atoms. The quantitative estimate of drug-likeness (QED) is 0.673. The summed E-state index contributed by atoms with van der Waals surface area (Å²) in [7, 11) is -3.68. The number of benzene rings is 1. The van der Waals surface area contributed by atoms with E-state index >= 15 is 0 Å². The largest absolute Gasteiger partial charge is 0.492 e. The van der Waals surface area contributed by atoms with Crippen molar-refractivity contribution in [2.75, 3.05) is 25.0 Å². The van der Waals surface area contributed by atoms with Crippen LogP contribution in [0.2, 0.25) is 0 Å². The molecule has 0 aromatic heterocycles. The van der Waals surface area contributed by atoms with E-state index in [1.165, 1.54) is 29.6 Å². The molecule has 0 aliphatic heterocycles. The molecule has 1 amide bonds. The Kier molecular flexibility index (Phi) is 6.65. The second-order valence-corrected chi connectivity index (χ2v) is 9.78. The van der Waals surface area contributed by atoms with Gasteiger partial charge in [0, 0.05) is 25.2 Å². The molecule has 2 aliphatic carbocycles. The third kappa shape index (κ3) is 4.35. The van der Waals surface area contributed by atoms with Crippen LogP contribution in [0.15, 0.2) is 23.1 Å². The molecule has 7 heteroatoms. The van der Waals surface area contributed by atoms with Gasteiger partial charge in [-0.3, -0.25) is 4.79 Å². The predicted octanol–water partition coefficient (Wildman–Crippen LogP) is 3.88. The van der Waals surface area contributed by atoms with Gasteiger partial charge in [0.1, 0.15) is 10.6 Å². The Labute approximate surface area is 168 Å². The lowest BCUT2D eigenvalue weighted by Gasteiger charge is -2.22. The van der Waals surface area contributed by atoms with E-state index in [2.05, 4.69) is 5.32 Å². The number of rotatable bonds is 9. The number of hydrogen-bond donors (Lipinski definition) is 1. The maximum atomic E-state index is 13.0. The minimum Gasteiger partial charge on any atom is -0.492 e. The van der Waals surface area contributed by atoms with Gasteiger partial charge < -0.3 is 10.1 Å². The summed E-state index contributed by atoms with van der Waals surface area (Å²) in [6.45, 7) is 6.57. The van der Waals surface area contributed by atoms with Gasteiger partial charge in [-0.2, -0.15) is 4.31 Å². The molecule has 3 atom stereocenters. The molecule has 156 valence electrons. The van der Waals surface area contributed by atoms with Crippen LogP contribution in [0.25, 0.3) is 0 Å². The van der Waals surface area contributed by atoms with E-state index in [4.69, 9.17) is 4.74 Å². The lowest BCUT2D eigenvalue weighted by molar-refractivity contribution is -0.117. The minimum absolute atomic E-state index is 0.0344. The first-order valence-corrected chi connectivity index (χ1v) is 11.9. The Morgan fingerprint density at radius 1 is 1.18 bits per heavy atom. The normalized spacial score (nSPS) is 23.9. The molecule has 0 unspecified atom stereocenters. The molecule has 2 aliphatic rings. The first kappa shape index (κ1) is 21.1. The van der Waals surface area contributed by atoms with Gasteiger partial charge in [0.05, 0.1) is 6.61 Å². The van der Waals surface area contributed by atoms with Crippen molar-refractivity contribution < 1.29 is 17.9 Å². The minimum atomic E-state index is -3.68. The van der Waals surface area contributed by atoms with Gasteiger partial charge in [0.25, 0.3) is 0 Å². The monoisotopic (exact) mass is 408 g/mol. The van der Waals surface area contributed by atoms with Crippen molar-refractivity contribution in [2.45, 2.75) is 57.8 Å². The first-order chi connectivity index (χ1) is 13.4. The summed E-state index contributed by atoms with van der Waals surface area (Å²) in [4.78, 5) is 12.7. The summed E-state index contributed by atoms with van der Waals surface area (Å²) in [6.07, 6.45) is 5.51. The summed E-state index contributed by atoms with van der Waals surface area (Å²) in [5.74, 6) is 2.25. The topological polar surface area (TPSA) is 75.7 Å². The molecule has 0 heterocycles. The SMILES string of the molecule is CCOc1ccc(NC(=O)C[C@H]2C[C@H]3CC[C@@H]2C3)cc1S(=O)(=O)N(CC)CC. The zero-order chi connectivity index (χ0) is 20.3. The van der Waals surface area contributed by atoms with Crippen molar-refractivity contribution in [3.05, 3.63) is 18.2 Å². The number of fused-ring (bicyclic) bond motifs is 2. The van der Waals surface area contributed by atoms with E-state index in [0.29, 0.717) is 49.4 Å². The van der Waals surface area contributed by atoms with Crippen LogP contribution in [0, 0.1) is 17.8 Å². The van der Waals surface area contributed by atoms with Crippen LogP contribution in [-0.4, -0.2) is 38.3 Å². The number of ether oxygens (including phenoxy) is 1. The highest BCUT2D eigenvalue weighted by atomic mass is 32.2. The maximum absolute atomic E-state index is 13.0. The first-order valence-electron chi connectivity index (χ1n) is 10.5. The molecule has 2 fully saturated rings. The second-order valence-electron chi connectivity index (χ2n) is 7.87. The van der Waals surface area contributed by atoms with Gasteiger partial charge in [-0.15, -0.1) is 0 Å². The number of carbonyl (C=O) groups excluding carboxylic acids is 1. The molecule has 1 N–H and O–H groups in total. The molecule has 28 heavy (non-hydrogen) atoms. The van der Waals surface area contributed by atoms with E-state index in [-0.39, 0.29) is 10.8 Å². The number of sulfonamides is 1. The van der Waals surface area contributed by atoms with E-state index in [1.807, 2.05) is 20.8 Å². The van der Waals surface area contributed by atoms with E-state index < -0.39 is 10.0 Å².